The first kappa shape index (κ1) is 22.0. The summed E-state index contributed by atoms with van der Waals surface area (Å²) in [7, 11) is -8.69. The van der Waals surface area contributed by atoms with E-state index in [9.17, 15) is 16.8 Å². The molecule has 6 N–H and O–H groups in total. The lowest BCUT2D eigenvalue weighted by Crippen LogP contribution is -2.37. The van der Waals surface area contributed by atoms with Crippen LogP contribution in [0.25, 0.3) is 11.4 Å². The van der Waals surface area contributed by atoms with Gasteiger partial charge in [-0.1, -0.05) is 0 Å². The number of hydrogen-bond donors (Lipinski definition) is 5. The zero-order valence-electron chi connectivity index (χ0n) is 16.5. The lowest BCUT2D eigenvalue weighted by atomic mass is 10.1. The van der Waals surface area contributed by atoms with Crippen LogP contribution in [0.3, 0.4) is 0 Å². The number of benzene rings is 1. The van der Waals surface area contributed by atoms with Crippen LogP contribution >= 0.6 is 0 Å². The monoisotopic (exact) mass is 472 g/mol. The quantitative estimate of drug-likeness (QED) is 0.325. The molecule has 1 aromatic heterocycles. The number of sulfonamides is 2. The molecular weight excluding hydrogens is 448 g/mol. The molecule has 0 unspecified atom stereocenters. The zero-order valence-corrected chi connectivity index (χ0v) is 18.2. The van der Waals surface area contributed by atoms with Gasteiger partial charge in [-0.15, -0.1) is 5.10 Å². The molecule has 1 aromatic carbocycles. The lowest BCUT2D eigenvalue weighted by Gasteiger charge is -2.26. The molecule has 1 atom stereocenters. The van der Waals surface area contributed by atoms with Crippen molar-refractivity contribution in [2.45, 2.75) is 41.1 Å². The highest BCUT2D eigenvalue weighted by atomic mass is 32.2. The van der Waals surface area contributed by atoms with Crippen molar-refractivity contribution in [1.82, 2.24) is 30.7 Å². The Labute approximate surface area is 179 Å². The van der Waals surface area contributed by atoms with Gasteiger partial charge in [0.15, 0.2) is 5.82 Å². The largest absolute Gasteiger partial charge is 0.382 e. The van der Waals surface area contributed by atoms with Crippen LogP contribution in [-0.4, -0.2) is 75.8 Å². The molecule has 2 aromatic rings. The van der Waals surface area contributed by atoms with Crippen molar-refractivity contribution in [2.24, 2.45) is 5.14 Å². The van der Waals surface area contributed by atoms with Crippen LogP contribution in [0.4, 0.5) is 5.69 Å². The highest BCUT2D eigenvalue weighted by Crippen LogP contribution is 2.37. The maximum absolute atomic E-state index is 13.1. The number of primary sulfonamides is 1. The Hall–Kier alpha value is -2.17. The van der Waals surface area contributed by atoms with E-state index in [2.05, 4.69) is 36.0 Å². The summed E-state index contributed by atoms with van der Waals surface area (Å²) >= 11 is 0. The third kappa shape index (κ3) is 4.86. The SMILES string of the molecule is NS(=O)(=O)c1c(S(=O)(=O)N[C@@H]2CCNC2)ccc(NC2CCOCC2)c1-c1nnn[nH]1. The van der Waals surface area contributed by atoms with E-state index in [0.717, 1.165) is 0 Å². The number of nitrogens with one attached hydrogen (secondary N) is 4. The summed E-state index contributed by atoms with van der Waals surface area (Å²) in [5.74, 6) is -0.0156. The van der Waals surface area contributed by atoms with Crippen molar-refractivity contribution < 1.29 is 21.6 Å². The molecule has 0 amide bonds. The van der Waals surface area contributed by atoms with Crippen LogP contribution in [0.1, 0.15) is 19.3 Å². The molecule has 0 saturated carbocycles. The molecule has 31 heavy (non-hydrogen) atoms. The molecule has 4 rings (SSSR count). The molecule has 15 heteroatoms. The summed E-state index contributed by atoms with van der Waals surface area (Å²) in [6.45, 7) is 2.24. The molecule has 13 nitrogen and oxygen atoms in total. The number of aromatic amines is 1. The normalized spacial score (nSPS) is 20.7. The first-order valence-electron chi connectivity index (χ1n) is 9.77. The third-order valence-electron chi connectivity index (χ3n) is 5.24. The third-order valence-corrected chi connectivity index (χ3v) is 7.93. The molecule has 2 fully saturated rings. The Morgan fingerprint density at radius 3 is 2.48 bits per heavy atom. The molecule has 0 spiro atoms. The molecule has 170 valence electrons. The van der Waals surface area contributed by atoms with Crippen molar-refractivity contribution in [3.05, 3.63) is 12.1 Å². The number of ether oxygens (including phenoxy) is 1. The molecule has 3 heterocycles. The minimum atomic E-state index is -4.49. The second-order valence-electron chi connectivity index (χ2n) is 7.45. The minimum Gasteiger partial charge on any atom is -0.382 e. The standard InChI is InChI=1S/C16H24N8O5S2/c17-30(25,26)15-13(31(27,28)22-11-3-6-18-9-11)2-1-12(14(15)16-20-23-24-21-16)19-10-4-7-29-8-5-10/h1-2,10-11,18-19,22H,3-9H2,(H2,17,25,26)(H,20,21,23,24)/t11-/m1/s1. The maximum Gasteiger partial charge on any atom is 0.242 e. The van der Waals surface area contributed by atoms with Crippen LogP contribution in [0, 0.1) is 0 Å². The van der Waals surface area contributed by atoms with Crippen LogP contribution in [0.15, 0.2) is 21.9 Å². The smallest absolute Gasteiger partial charge is 0.242 e. The molecular formula is C16H24N8O5S2. The van der Waals surface area contributed by atoms with E-state index in [1.54, 1.807) is 0 Å². The van der Waals surface area contributed by atoms with Crippen molar-refractivity contribution in [3.63, 3.8) is 0 Å². The van der Waals surface area contributed by atoms with Gasteiger partial charge in [-0.25, -0.2) is 31.8 Å². The molecule has 2 aliphatic heterocycles. The van der Waals surface area contributed by atoms with E-state index in [0.29, 0.717) is 51.3 Å². The van der Waals surface area contributed by atoms with E-state index in [-0.39, 0.29) is 23.5 Å². The van der Waals surface area contributed by atoms with Crippen LogP contribution in [-0.2, 0) is 24.8 Å². The molecule has 0 bridgehead atoms. The summed E-state index contributed by atoms with van der Waals surface area (Å²) in [5, 5.41) is 25.2. The Kier molecular flexibility index (Phi) is 6.23. The van der Waals surface area contributed by atoms with Crippen molar-refractivity contribution in [1.29, 1.82) is 0 Å². The summed E-state index contributed by atoms with van der Waals surface area (Å²) in [5.41, 5.74) is 0.336. The zero-order chi connectivity index (χ0) is 22.1. The van der Waals surface area contributed by atoms with Crippen LogP contribution in [0.2, 0.25) is 0 Å². The molecule has 2 saturated heterocycles. The van der Waals surface area contributed by atoms with Crippen LogP contribution < -0.4 is 20.5 Å². The summed E-state index contributed by atoms with van der Waals surface area (Å²) in [6.07, 6.45) is 2.00. The molecule has 0 radical (unpaired) electrons. The predicted molar refractivity (Wildman–Crippen MR) is 110 cm³/mol. The Bertz CT molecular complexity index is 1130. The predicted octanol–water partition coefficient (Wildman–Crippen LogP) is -1.25. The average molecular weight is 473 g/mol. The van der Waals surface area contributed by atoms with Gasteiger partial charge in [-0.2, -0.15) is 0 Å². The number of nitrogens with zero attached hydrogens (tertiary/aromatic N) is 3. The van der Waals surface area contributed by atoms with Gasteiger partial charge in [0, 0.05) is 37.5 Å². The summed E-state index contributed by atoms with van der Waals surface area (Å²) in [6, 6.07) is 2.39. The Morgan fingerprint density at radius 2 is 1.87 bits per heavy atom. The van der Waals surface area contributed by atoms with Crippen molar-refractivity contribution in [3.8, 4) is 11.4 Å². The number of aromatic nitrogens is 4. The first-order valence-corrected chi connectivity index (χ1v) is 12.8. The van der Waals surface area contributed by atoms with Crippen molar-refractivity contribution in [2.75, 3.05) is 31.6 Å². The highest BCUT2D eigenvalue weighted by Gasteiger charge is 2.33. The van der Waals surface area contributed by atoms with Gasteiger partial charge < -0.3 is 15.4 Å². The number of nitrogens with two attached hydrogens (primary N) is 1. The second kappa shape index (κ2) is 8.76. The van der Waals surface area contributed by atoms with Crippen LogP contribution in [0.5, 0.6) is 0 Å². The van der Waals surface area contributed by atoms with Crippen molar-refractivity contribution >= 4 is 25.7 Å². The number of H-pyrrole nitrogens is 1. The van der Waals surface area contributed by atoms with Gasteiger partial charge >= 0.3 is 0 Å². The fourth-order valence-electron chi connectivity index (χ4n) is 3.78. The van der Waals surface area contributed by atoms with Gasteiger partial charge in [0.1, 0.15) is 9.79 Å². The van der Waals surface area contributed by atoms with E-state index in [1.165, 1.54) is 12.1 Å². The topological polar surface area (TPSA) is 194 Å². The van der Waals surface area contributed by atoms with Gasteiger partial charge in [0.25, 0.3) is 0 Å². The number of tetrazole rings is 1. The van der Waals surface area contributed by atoms with E-state index in [1.807, 2.05) is 0 Å². The Balaban J connectivity index is 1.85. The molecule has 0 aliphatic carbocycles. The van der Waals surface area contributed by atoms with Gasteiger partial charge in [0.2, 0.25) is 20.0 Å². The second-order valence-corrected chi connectivity index (χ2v) is 10.6. The van der Waals surface area contributed by atoms with E-state index >= 15 is 0 Å². The summed E-state index contributed by atoms with van der Waals surface area (Å²) < 4.78 is 59.4. The van der Waals surface area contributed by atoms with E-state index in [4.69, 9.17) is 9.88 Å². The number of hydrogen-bond acceptors (Lipinski definition) is 10. The fraction of sp³-hybridized carbons (Fsp3) is 0.562. The first-order chi connectivity index (χ1) is 14.8. The minimum absolute atomic E-state index is 0.00172. The lowest BCUT2D eigenvalue weighted by molar-refractivity contribution is 0.0904. The van der Waals surface area contributed by atoms with E-state index < -0.39 is 29.8 Å². The van der Waals surface area contributed by atoms with Gasteiger partial charge in [-0.05, 0) is 48.4 Å². The number of rotatable bonds is 7. The Morgan fingerprint density at radius 1 is 1.10 bits per heavy atom. The summed E-state index contributed by atoms with van der Waals surface area (Å²) in [4.78, 5) is -1.02. The molecule has 2 aliphatic rings. The average Bonchev–Trinajstić information content (AvgIpc) is 3.41. The highest BCUT2D eigenvalue weighted by molar-refractivity contribution is 7.92. The fourth-order valence-corrected chi connectivity index (χ4v) is 6.66. The maximum atomic E-state index is 13.1. The van der Waals surface area contributed by atoms with Gasteiger partial charge in [-0.3, -0.25) is 0 Å². The van der Waals surface area contributed by atoms with Gasteiger partial charge in [0.05, 0.1) is 5.56 Å². The number of anilines is 1.